The predicted molar refractivity (Wildman–Crippen MR) is 81.9 cm³/mol. The van der Waals surface area contributed by atoms with E-state index < -0.39 is 0 Å². The van der Waals surface area contributed by atoms with E-state index in [4.69, 9.17) is 5.73 Å². The number of primary amides is 1. The van der Waals surface area contributed by atoms with Crippen molar-refractivity contribution in [3.8, 4) is 0 Å². The Kier molecular flexibility index (Phi) is 3.85. The summed E-state index contributed by atoms with van der Waals surface area (Å²) in [5.41, 5.74) is 8.82. The third-order valence-corrected chi connectivity index (χ3v) is 4.79. The summed E-state index contributed by atoms with van der Waals surface area (Å²) in [5.74, 6) is -0.348. The lowest BCUT2D eigenvalue weighted by molar-refractivity contribution is 0.100. The lowest BCUT2D eigenvalue weighted by Gasteiger charge is -2.25. The topological polar surface area (TPSA) is 55.1 Å². The number of fused-ring (bicyclic) bond motifs is 1. The van der Waals surface area contributed by atoms with Crippen LogP contribution >= 0.6 is 11.3 Å². The maximum atomic E-state index is 11.1. The minimum Gasteiger partial charge on any atom is -0.366 e. The highest BCUT2D eigenvalue weighted by Gasteiger charge is 2.17. The zero-order valence-electron chi connectivity index (χ0n) is 11.3. The molecule has 0 spiro atoms. The molecular weight excluding hydrogens is 268 g/mol. The molecule has 4 heteroatoms. The van der Waals surface area contributed by atoms with Crippen molar-refractivity contribution in [2.24, 2.45) is 5.73 Å². The fourth-order valence-electron chi connectivity index (χ4n) is 2.72. The molecular formula is C16H18N2OS. The van der Waals surface area contributed by atoms with Crippen LogP contribution in [0.1, 0.15) is 32.8 Å². The molecule has 0 radical (unpaired) electrons. The summed E-state index contributed by atoms with van der Waals surface area (Å²) >= 11 is 1.59. The van der Waals surface area contributed by atoms with E-state index in [1.807, 2.05) is 11.4 Å². The summed E-state index contributed by atoms with van der Waals surface area (Å²) in [5, 5.41) is 5.42. The molecule has 0 aliphatic heterocycles. The van der Waals surface area contributed by atoms with Crippen LogP contribution in [0, 0.1) is 0 Å². The Morgan fingerprint density at radius 1 is 1.35 bits per heavy atom. The second-order valence-electron chi connectivity index (χ2n) is 5.26. The number of carbonyl (C=O) groups is 1. The number of thiophene rings is 1. The van der Waals surface area contributed by atoms with Crippen molar-refractivity contribution in [2.75, 3.05) is 0 Å². The van der Waals surface area contributed by atoms with Crippen molar-refractivity contribution in [3.05, 3.63) is 57.3 Å². The number of aryl methyl sites for hydroxylation is 1. The highest BCUT2D eigenvalue weighted by atomic mass is 32.1. The van der Waals surface area contributed by atoms with Crippen molar-refractivity contribution in [1.82, 2.24) is 5.32 Å². The number of nitrogens with two attached hydrogens (primary N) is 1. The number of hydrogen-bond acceptors (Lipinski definition) is 3. The second-order valence-corrected chi connectivity index (χ2v) is 6.25. The molecule has 3 nitrogen and oxygen atoms in total. The van der Waals surface area contributed by atoms with E-state index in [1.54, 1.807) is 11.3 Å². The molecule has 1 aromatic heterocycles. The van der Waals surface area contributed by atoms with Gasteiger partial charge in [-0.25, -0.2) is 0 Å². The van der Waals surface area contributed by atoms with E-state index in [0.717, 1.165) is 24.3 Å². The molecule has 0 bridgehead atoms. The van der Waals surface area contributed by atoms with Crippen molar-refractivity contribution >= 4 is 17.2 Å². The molecule has 1 aromatic carbocycles. The Hall–Kier alpha value is -1.65. The van der Waals surface area contributed by atoms with Gasteiger partial charge in [0.2, 0.25) is 5.91 Å². The predicted octanol–water partition coefficient (Wildman–Crippen LogP) is 2.49. The summed E-state index contributed by atoms with van der Waals surface area (Å²) in [6.45, 7) is 0.810. The van der Waals surface area contributed by atoms with Crippen LogP contribution < -0.4 is 11.1 Å². The van der Waals surface area contributed by atoms with Gasteiger partial charge in [0.1, 0.15) is 0 Å². The molecule has 1 aliphatic rings. The van der Waals surface area contributed by atoms with Crippen LogP contribution in [0.2, 0.25) is 0 Å². The maximum Gasteiger partial charge on any atom is 0.249 e. The lowest BCUT2D eigenvalue weighted by atomic mass is 9.88. The van der Waals surface area contributed by atoms with Crippen LogP contribution in [0.3, 0.4) is 0 Å². The molecule has 1 aliphatic carbocycles. The summed E-state index contributed by atoms with van der Waals surface area (Å²) in [6.07, 6.45) is 3.40. The van der Waals surface area contributed by atoms with Gasteiger partial charge < -0.3 is 11.1 Å². The molecule has 1 unspecified atom stereocenters. The Morgan fingerprint density at radius 2 is 2.15 bits per heavy atom. The third kappa shape index (κ3) is 2.92. The molecule has 1 amide bonds. The van der Waals surface area contributed by atoms with Crippen molar-refractivity contribution in [3.63, 3.8) is 0 Å². The largest absolute Gasteiger partial charge is 0.366 e. The smallest absolute Gasteiger partial charge is 0.249 e. The van der Waals surface area contributed by atoms with Crippen molar-refractivity contribution in [2.45, 2.75) is 31.8 Å². The number of carbonyl (C=O) groups excluding carboxylic acids is 1. The Bertz CT molecular complexity index is 620. The summed E-state index contributed by atoms with van der Waals surface area (Å²) in [4.78, 5) is 12.2. The molecule has 3 rings (SSSR count). The monoisotopic (exact) mass is 286 g/mol. The molecule has 20 heavy (non-hydrogen) atoms. The molecule has 2 aromatic rings. The van der Waals surface area contributed by atoms with Gasteiger partial charge in [-0.3, -0.25) is 4.79 Å². The van der Waals surface area contributed by atoms with Gasteiger partial charge in [-0.15, -0.1) is 11.3 Å². The number of rotatable bonds is 4. The van der Waals surface area contributed by atoms with Crippen LogP contribution in [0.15, 0.2) is 35.7 Å². The van der Waals surface area contributed by atoms with Crippen molar-refractivity contribution in [1.29, 1.82) is 0 Å². The van der Waals surface area contributed by atoms with Gasteiger partial charge in [0.15, 0.2) is 0 Å². The van der Waals surface area contributed by atoms with Crippen LogP contribution in [0.5, 0.6) is 0 Å². The van der Waals surface area contributed by atoms with Gasteiger partial charge >= 0.3 is 0 Å². The molecule has 0 fully saturated rings. The first-order valence-electron chi connectivity index (χ1n) is 6.90. The van der Waals surface area contributed by atoms with E-state index in [9.17, 15) is 4.79 Å². The molecule has 1 atom stereocenters. The van der Waals surface area contributed by atoms with Gasteiger partial charge in [-0.2, -0.15) is 0 Å². The third-order valence-electron chi connectivity index (χ3n) is 3.85. The summed E-state index contributed by atoms with van der Waals surface area (Å²) in [7, 11) is 0. The highest BCUT2D eigenvalue weighted by molar-refractivity contribution is 7.10. The van der Waals surface area contributed by atoms with Gasteiger partial charge in [0.25, 0.3) is 0 Å². The molecule has 104 valence electrons. The number of hydrogen-bond donors (Lipinski definition) is 2. The van der Waals surface area contributed by atoms with E-state index in [2.05, 4.69) is 29.6 Å². The number of benzene rings is 1. The maximum absolute atomic E-state index is 11.1. The van der Waals surface area contributed by atoms with Crippen LogP contribution in [-0.2, 0) is 19.4 Å². The Balaban J connectivity index is 1.58. The number of nitrogens with one attached hydrogen (secondary N) is 1. The number of amides is 1. The molecule has 0 saturated carbocycles. The first kappa shape index (κ1) is 13.3. The quantitative estimate of drug-likeness (QED) is 0.907. The molecule has 1 heterocycles. The van der Waals surface area contributed by atoms with Crippen LogP contribution in [0.4, 0.5) is 0 Å². The average molecular weight is 286 g/mol. The molecule has 0 saturated heterocycles. The Labute approximate surface area is 122 Å². The minimum atomic E-state index is -0.348. The highest BCUT2D eigenvalue weighted by Crippen LogP contribution is 2.22. The Morgan fingerprint density at radius 3 is 2.90 bits per heavy atom. The normalized spacial score (nSPS) is 17.7. The van der Waals surface area contributed by atoms with Gasteiger partial charge in [0, 0.05) is 22.8 Å². The first-order chi connectivity index (χ1) is 9.72. The lowest BCUT2D eigenvalue weighted by Crippen LogP contribution is -2.33. The van der Waals surface area contributed by atoms with E-state index in [-0.39, 0.29) is 5.91 Å². The zero-order chi connectivity index (χ0) is 13.9. The standard InChI is InChI=1S/C16H18N2OS/c17-16(19)13-8-15(20-10-13)9-18-14-6-5-11-3-1-2-4-12(11)7-14/h1-4,8,10,14,18H,5-7,9H2,(H2,17,19). The van der Waals surface area contributed by atoms with E-state index in [1.165, 1.54) is 17.5 Å². The van der Waals surface area contributed by atoms with Crippen LogP contribution in [-0.4, -0.2) is 11.9 Å². The molecule has 3 N–H and O–H groups in total. The van der Waals surface area contributed by atoms with E-state index >= 15 is 0 Å². The van der Waals surface area contributed by atoms with E-state index in [0.29, 0.717) is 11.6 Å². The second kappa shape index (κ2) is 5.77. The van der Waals surface area contributed by atoms with Gasteiger partial charge in [-0.1, -0.05) is 24.3 Å². The fourth-order valence-corrected chi connectivity index (χ4v) is 3.54. The average Bonchev–Trinajstić information content (AvgIpc) is 2.94. The summed E-state index contributed by atoms with van der Waals surface area (Å²) < 4.78 is 0. The van der Waals surface area contributed by atoms with Gasteiger partial charge in [0.05, 0.1) is 5.56 Å². The minimum absolute atomic E-state index is 0.348. The fraction of sp³-hybridized carbons (Fsp3) is 0.312. The first-order valence-corrected chi connectivity index (χ1v) is 7.78. The SMILES string of the molecule is NC(=O)c1csc(CNC2CCc3ccccc3C2)c1. The van der Waals surface area contributed by atoms with Crippen LogP contribution in [0.25, 0.3) is 0 Å². The van der Waals surface area contributed by atoms with Gasteiger partial charge in [-0.05, 0) is 36.5 Å². The van der Waals surface area contributed by atoms with Crippen molar-refractivity contribution < 1.29 is 4.79 Å². The summed E-state index contributed by atoms with van der Waals surface area (Å²) in [6, 6.07) is 11.1. The zero-order valence-corrected chi connectivity index (χ0v) is 12.1.